The highest BCUT2D eigenvalue weighted by Crippen LogP contribution is 2.31. The molecule has 9 heteroatoms. The van der Waals surface area contributed by atoms with Crippen LogP contribution >= 0.6 is 23.2 Å². The average molecular weight is 518 g/mol. The fourth-order valence-electron chi connectivity index (χ4n) is 3.23. The van der Waals surface area contributed by atoms with Crippen LogP contribution in [0.15, 0.2) is 47.0 Å². The molecule has 2 aromatic rings. The standard InChI is InChI=1S/C25H28Cl2F3NO3/c1-3-17-15-21(33-14-11-22(26)27)16-18(4-2)23(17)34-13-6-5-12-31-24(32)19-7-9-20(10-8-19)25(28,29)30/h7-11,15-16H,3-6,12-14H2,1-2H3,(H,31,32). The summed E-state index contributed by atoms with van der Waals surface area (Å²) in [6.45, 7) is 5.22. The van der Waals surface area contributed by atoms with Crippen molar-refractivity contribution in [2.45, 2.75) is 45.7 Å². The summed E-state index contributed by atoms with van der Waals surface area (Å²) >= 11 is 11.2. The van der Waals surface area contributed by atoms with Crippen LogP contribution in [0.2, 0.25) is 0 Å². The molecule has 0 radical (unpaired) electrons. The number of rotatable bonds is 12. The molecule has 0 aliphatic carbocycles. The van der Waals surface area contributed by atoms with Crippen LogP contribution < -0.4 is 14.8 Å². The van der Waals surface area contributed by atoms with Crippen molar-refractivity contribution in [1.82, 2.24) is 5.32 Å². The lowest BCUT2D eigenvalue weighted by Gasteiger charge is -2.17. The molecular formula is C25H28Cl2F3NO3. The molecule has 0 unspecified atom stereocenters. The van der Waals surface area contributed by atoms with Crippen LogP contribution in [0, 0.1) is 0 Å². The zero-order valence-corrected chi connectivity index (χ0v) is 20.6. The fourth-order valence-corrected chi connectivity index (χ4v) is 3.36. The minimum absolute atomic E-state index is 0.155. The number of carbonyl (C=O) groups is 1. The molecule has 34 heavy (non-hydrogen) atoms. The predicted molar refractivity (Wildman–Crippen MR) is 129 cm³/mol. The van der Waals surface area contributed by atoms with E-state index < -0.39 is 17.6 Å². The Morgan fingerprint density at radius 3 is 2.15 bits per heavy atom. The Labute approximate surface area is 208 Å². The Kier molecular flexibility index (Phi) is 11.1. The van der Waals surface area contributed by atoms with Crippen LogP contribution in [0.25, 0.3) is 0 Å². The maximum Gasteiger partial charge on any atom is 0.416 e. The lowest BCUT2D eigenvalue weighted by Crippen LogP contribution is -2.24. The van der Waals surface area contributed by atoms with Crippen LogP contribution in [0.4, 0.5) is 13.2 Å². The van der Waals surface area contributed by atoms with E-state index in [4.69, 9.17) is 32.7 Å². The maximum absolute atomic E-state index is 12.6. The highest BCUT2D eigenvalue weighted by Gasteiger charge is 2.30. The minimum Gasteiger partial charge on any atom is -0.493 e. The second-order valence-electron chi connectivity index (χ2n) is 7.47. The van der Waals surface area contributed by atoms with E-state index in [-0.39, 0.29) is 16.7 Å². The third kappa shape index (κ3) is 8.76. The van der Waals surface area contributed by atoms with Crippen molar-refractivity contribution < 1.29 is 27.4 Å². The van der Waals surface area contributed by atoms with Gasteiger partial charge in [0.15, 0.2) is 0 Å². The quantitative estimate of drug-likeness (QED) is 0.305. The molecule has 1 N–H and O–H groups in total. The summed E-state index contributed by atoms with van der Waals surface area (Å²) in [5.74, 6) is 1.16. The number of nitrogens with one attached hydrogen (secondary N) is 1. The molecule has 0 aromatic heterocycles. The smallest absolute Gasteiger partial charge is 0.416 e. The number of halogens is 5. The first-order valence-electron chi connectivity index (χ1n) is 11.0. The van der Waals surface area contributed by atoms with Gasteiger partial charge in [0.1, 0.15) is 22.6 Å². The van der Waals surface area contributed by atoms with Gasteiger partial charge in [0.2, 0.25) is 0 Å². The average Bonchev–Trinajstić information content (AvgIpc) is 2.80. The van der Waals surface area contributed by atoms with Crippen molar-refractivity contribution in [3.8, 4) is 11.5 Å². The van der Waals surface area contributed by atoms with Gasteiger partial charge >= 0.3 is 6.18 Å². The molecule has 1 amide bonds. The van der Waals surface area contributed by atoms with Gasteiger partial charge in [-0.05, 0) is 79.3 Å². The number of benzene rings is 2. The summed E-state index contributed by atoms with van der Waals surface area (Å²) in [5.41, 5.74) is 1.47. The Balaban J connectivity index is 1.82. The molecule has 0 aliphatic heterocycles. The van der Waals surface area contributed by atoms with Crippen molar-refractivity contribution >= 4 is 29.1 Å². The summed E-state index contributed by atoms with van der Waals surface area (Å²) < 4.78 is 49.8. The molecule has 0 saturated carbocycles. The largest absolute Gasteiger partial charge is 0.493 e. The number of alkyl halides is 3. The summed E-state index contributed by atoms with van der Waals surface area (Å²) in [4.78, 5) is 12.1. The van der Waals surface area contributed by atoms with Crippen LogP contribution in [-0.2, 0) is 19.0 Å². The maximum atomic E-state index is 12.6. The molecule has 0 atom stereocenters. The van der Waals surface area contributed by atoms with E-state index in [9.17, 15) is 18.0 Å². The molecule has 186 valence electrons. The highest BCUT2D eigenvalue weighted by atomic mass is 35.5. The minimum atomic E-state index is -4.42. The van der Waals surface area contributed by atoms with Crippen LogP contribution in [0.3, 0.4) is 0 Å². The third-order valence-electron chi connectivity index (χ3n) is 5.04. The molecule has 2 rings (SSSR count). The zero-order valence-electron chi connectivity index (χ0n) is 19.1. The third-order valence-corrected chi connectivity index (χ3v) is 5.35. The van der Waals surface area contributed by atoms with Crippen LogP contribution in [0.5, 0.6) is 11.5 Å². The van der Waals surface area contributed by atoms with Gasteiger partial charge in [-0.15, -0.1) is 0 Å². The van der Waals surface area contributed by atoms with E-state index in [0.717, 1.165) is 47.6 Å². The van der Waals surface area contributed by atoms with Gasteiger partial charge in [-0.25, -0.2) is 0 Å². The molecule has 0 bridgehead atoms. The van der Waals surface area contributed by atoms with E-state index in [2.05, 4.69) is 5.32 Å². The van der Waals surface area contributed by atoms with Gasteiger partial charge in [-0.1, -0.05) is 37.0 Å². The topological polar surface area (TPSA) is 47.6 Å². The number of ether oxygens (including phenoxy) is 2. The van der Waals surface area contributed by atoms with E-state index in [1.807, 2.05) is 26.0 Å². The monoisotopic (exact) mass is 517 g/mol. The van der Waals surface area contributed by atoms with Gasteiger partial charge in [-0.3, -0.25) is 4.79 Å². The highest BCUT2D eigenvalue weighted by molar-refractivity contribution is 6.55. The molecule has 0 saturated heterocycles. The summed E-state index contributed by atoms with van der Waals surface area (Å²) in [7, 11) is 0. The Morgan fingerprint density at radius 2 is 1.62 bits per heavy atom. The van der Waals surface area contributed by atoms with E-state index in [0.29, 0.717) is 26.0 Å². The van der Waals surface area contributed by atoms with Crippen molar-refractivity contribution in [2.75, 3.05) is 19.8 Å². The number of unbranched alkanes of at least 4 members (excludes halogenated alkanes) is 1. The summed E-state index contributed by atoms with van der Waals surface area (Å²) in [6.07, 6.45) is 0.0666. The van der Waals surface area contributed by atoms with E-state index in [1.165, 1.54) is 12.1 Å². The van der Waals surface area contributed by atoms with E-state index in [1.54, 1.807) is 6.08 Å². The van der Waals surface area contributed by atoms with Gasteiger partial charge in [0.05, 0.1) is 12.2 Å². The Bertz CT molecular complexity index is 947. The van der Waals surface area contributed by atoms with Gasteiger partial charge in [-0.2, -0.15) is 13.2 Å². The number of hydrogen-bond acceptors (Lipinski definition) is 3. The molecule has 0 spiro atoms. The molecule has 4 nitrogen and oxygen atoms in total. The number of amides is 1. The van der Waals surface area contributed by atoms with Crippen molar-refractivity contribution in [2.24, 2.45) is 0 Å². The van der Waals surface area contributed by atoms with Gasteiger partial charge < -0.3 is 14.8 Å². The molecule has 0 aliphatic rings. The molecule has 2 aromatic carbocycles. The van der Waals surface area contributed by atoms with Gasteiger partial charge in [0.25, 0.3) is 5.91 Å². The summed E-state index contributed by atoms with van der Waals surface area (Å²) in [5, 5.41) is 2.72. The first-order valence-corrected chi connectivity index (χ1v) is 11.8. The Morgan fingerprint density at radius 1 is 1.00 bits per heavy atom. The van der Waals surface area contributed by atoms with Crippen molar-refractivity contribution in [3.05, 3.63) is 69.2 Å². The van der Waals surface area contributed by atoms with Crippen molar-refractivity contribution in [1.29, 1.82) is 0 Å². The lowest BCUT2D eigenvalue weighted by atomic mass is 10.0. The summed E-state index contributed by atoms with van der Waals surface area (Å²) in [6, 6.07) is 8.03. The first-order chi connectivity index (χ1) is 16.2. The zero-order chi connectivity index (χ0) is 25.1. The van der Waals surface area contributed by atoms with Crippen molar-refractivity contribution in [3.63, 3.8) is 0 Å². The predicted octanol–water partition coefficient (Wildman–Crippen LogP) is 7.12. The second kappa shape index (κ2) is 13.5. The van der Waals surface area contributed by atoms with Crippen LogP contribution in [-0.4, -0.2) is 25.7 Å². The first kappa shape index (κ1) is 27.9. The SMILES string of the molecule is CCc1cc(OCC=C(Cl)Cl)cc(CC)c1OCCCCNC(=O)c1ccc(C(F)(F)F)cc1. The van der Waals surface area contributed by atoms with Crippen LogP contribution in [0.1, 0.15) is 53.7 Å². The Hall–Kier alpha value is -2.38. The lowest BCUT2D eigenvalue weighted by molar-refractivity contribution is -0.137. The fraction of sp³-hybridized carbons (Fsp3) is 0.400. The number of hydrogen-bond donors (Lipinski definition) is 1. The van der Waals surface area contributed by atoms with E-state index >= 15 is 0 Å². The second-order valence-corrected chi connectivity index (χ2v) is 8.48. The number of aryl methyl sites for hydroxylation is 2. The number of carbonyl (C=O) groups excluding carboxylic acids is 1. The molecular weight excluding hydrogens is 490 g/mol. The van der Waals surface area contributed by atoms with Gasteiger partial charge in [0, 0.05) is 12.1 Å². The molecule has 0 fully saturated rings. The normalized spacial score (nSPS) is 11.1. The molecule has 0 heterocycles.